The Bertz CT molecular complexity index is 1000. The van der Waals surface area contributed by atoms with Gasteiger partial charge in [-0.3, -0.25) is 4.79 Å². The van der Waals surface area contributed by atoms with Gasteiger partial charge in [0.05, 0.1) is 11.9 Å². The number of pyridine rings is 2. The lowest BCUT2D eigenvalue weighted by Gasteiger charge is -2.21. The third-order valence-corrected chi connectivity index (χ3v) is 3.95. The predicted molar refractivity (Wildman–Crippen MR) is 105 cm³/mol. The topological polar surface area (TPSA) is 64.7 Å². The summed E-state index contributed by atoms with van der Waals surface area (Å²) in [5.74, 6) is 0.120. The van der Waals surface area contributed by atoms with Gasteiger partial charge in [-0.25, -0.2) is 14.1 Å². The van der Waals surface area contributed by atoms with Crippen LogP contribution in [0, 0.1) is 5.82 Å². The molecule has 0 unspecified atom stereocenters. The lowest BCUT2D eigenvalue weighted by molar-refractivity contribution is 0.616. The second-order valence-corrected chi connectivity index (χ2v) is 7.52. The summed E-state index contributed by atoms with van der Waals surface area (Å²) in [4.78, 5) is 16.2. The Morgan fingerprint density at radius 3 is 2.63 bits per heavy atom. The van der Waals surface area contributed by atoms with Gasteiger partial charge in [0.25, 0.3) is 5.56 Å². The van der Waals surface area contributed by atoms with Crippen LogP contribution >= 0.6 is 0 Å². The van der Waals surface area contributed by atoms with E-state index in [1.807, 2.05) is 27.7 Å². The molecule has 142 valence electrons. The predicted octanol–water partition coefficient (Wildman–Crippen LogP) is 3.86. The molecule has 3 rings (SSSR count). The molecule has 7 heteroatoms. The molecule has 0 aromatic carbocycles. The minimum absolute atomic E-state index is 0.0508. The van der Waals surface area contributed by atoms with Crippen molar-refractivity contribution in [1.82, 2.24) is 19.3 Å². The van der Waals surface area contributed by atoms with E-state index in [1.165, 1.54) is 18.3 Å². The zero-order valence-electron chi connectivity index (χ0n) is 16.0. The highest BCUT2D eigenvalue weighted by atomic mass is 19.1. The fraction of sp³-hybridized carbons (Fsp3) is 0.350. The summed E-state index contributed by atoms with van der Waals surface area (Å²) in [5, 5.41) is 7.46. The summed E-state index contributed by atoms with van der Waals surface area (Å²) in [6.45, 7) is 8.62. The molecule has 0 aliphatic carbocycles. The summed E-state index contributed by atoms with van der Waals surface area (Å²) in [5.41, 5.74) is 1.49. The van der Waals surface area contributed by atoms with E-state index >= 15 is 0 Å². The Morgan fingerprint density at radius 1 is 1.19 bits per heavy atom. The summed E-state index contributed by atoms with van der Waals surface area (Å²) >= 11 is 0. The molecule has 3 aromatic heterocycles. The Labute approximate surface area is 157 Å². The Balaban J connectivity index is 1.90. The molecule has 6 nitrogen and oxygen atoms in total. The standard InChI is InChI=1S/C20H24FN5O/c1-5-8-25-13-15(6-7-19(25)27)26-12-14(10-23-26)16-11-22-18(9-17(16)21)24-20(2,3)4/h6-7,9-13H,5,8H2,1-4H3,(H,22,24). The van der Waals surface area contributed by atoms with Gasteiger partial charge < -0.3 is 9.88 Å². The first-order valence-electron chi connectivity index (χ1n) is 8.96. The van der Waals surface area contributed by atoms with Gasteiger partial charge in [-0.2, -0.15) is 5.10 Å². The van der Waals surface area contributed by atoms with Gasteiger partial charge in [-0.05, 0) is 33.3 Å². The van der Waals surface area contributed by atoms with E-state index in [1.54, 1.807) is 33.9 Å². The largest absolute Gasteiger partial charge is 0.365 e. The maximum absolute atomic E-state index is 14.6. The van der Waals surface area contributed by atoms with Crippen LogP contribution in [-0.2, 0) is 6.54 Å². The fourth-order valence-electron chi connectivity index (χ4n) is 2.77. The summed E-state index contributed by atoms with van der Waals surface area (Å²) in [6.07, 6.45) is 7.44. The number of halogens is 1. The molecule has 1 N–H and O–H groups in total. The van der Waals surface area contributed by atoms with Crippen LogP contribution < -0.4 is 10.9 Å². The summed E-state index contributed by atoms with van der Waals surface area (Å²) in [6, 6.07) is 4.61. The number of aromatic nitrogens is 4. The van der Waals surface area contributed by atoms with Gasteiger partial charge >= 0.3 is 0 Å². The zero-order chi connectivity index (χ0) is 19.6. The van der Waals surface area contributed by atoms with Crippen molar-refractivity contribution in [1.29, 1.82) is 0 Å². The third kappa shape index (κ3) is 4.42. The maximum Gasteiger partial charge on any atom is 0.250 e. The van der Waals surface area contributed by atoms with Crippen molar-refractivity contribution >= 4 is 5.82 Å². The van der Waals surface area contributed by atoms with E-state index in [4.69, 9.17) is 0 Å². The van der Waals surface area contributed by atoms with Crippen LogP contribution in [0.5, 0.6) is 0 Å². The van der Waals surface area contributed by atoms with Crippen LogP contribution in [0.4, 0.5) is 10.2 Å². The van der Waals surface area contributed by atoms with Gasteiger partial charge in [0.2, 0.25) is 0 Å². The number of nitrogens with zero attached hydrogens (tertiary/aromatic N) is 4. The van der Waals surface area contributed by atoms with E-state index in [0.717, 1.165) is 12.1 Å². The number of hydrogen-bond acceptors (Lipinski definition) is 4. The van der Waals surface area contributed by atoms with Crippen molar-refractivity contribution in [3.63, 3.8) is 0 Å². The van der Waals surface area contributed by atoms with Crippen LogP contribution in [0.25, 0.3) is 16.8 Å². The highest BCUT2D eigenvalue weighted by molar-refractivity contribution is 5.63. The molecule has 27 heavy (non-hydrogen) atoms. The van der Waals surface area contributed by atoms with Gasteiger partial charge in [-0.15, -0.1) is 0 Å². The number of rotatable bonds is 5. The normalized spacial score (nSPS) is 11.6. The van der Waals surface area contributed by atoms with Crippen molar-refractivity contribution in [2.75, 3.05) is 5.32 Å². The minimum Gasteiger partial charge on any atom is -0.365 e. The number of hydrogen-bond donors (Lipinski definition) is 1. The highest BCUT2D eigenvalue weighted by Crippen LogP contribution is 2.25. The summed E-state index contributed by atoms with van der Waals surface area (Å²) < 4.78 is 17.8. The zero-order valence-corrected chi connectivity index (χ0v) is 16.0. The van der Waals surface area contributed by atoms with Crippen molar-refractivity contribution in [3.8, 4) is 16.8 Å². The Kier molecular flexibility index (Phi) is 5.12. The SMILES string of the molecule is CCCn1cc(-n2cc(-c3cnc(NC(C)(C)C)cc3F)cn2)ccc1=O. The van der Waals surface area contributed by atoms with Crippen LogP contribution in [0.3, 0.4) is 0 Å². The molecule has 0 bridgehead atoms. The van der Waals surface area contributed by atoms with Gasteiger partial charge in [0.15, 0.2) is 0 Å². The molecule has 0 saturated heterocycles. The van der Waals surface area contributed by atoms with Crippen LogP contribution in [0.1, 0.15) is 34.1 Å². The lowest BCUT2D eigenvalue weighted by atomic mass is 10.1. The molecule has 0 spiro atoms. The third-order valence-electron chi connectivity index (χ3n) is 3.95. The smallest absolute Gasteiger partial charge is 0.250 e. The first kappa shape index (κ1) is 18.8. The van der Waals surface area contributed by atoms with E-state index < -0.39 is 0 Å². The summed E-state index contributed by atoms with van der Waals surface area (Å²) in [7, 11) is 0. The monoisotopic (exact) mass is 369 g/mol. The molecule has 0 radical (unpaired) electrons. The van der Waals surface area contributed by atoms with Crippen molar-refractivity contribution < 1.29 is 4.39 Å². The fourth-order valence-corrected chi connectivity index (χ4v) is 2.77. The molecular formula is C20H24FN5O. The van der Waals surface area contributed by atoms with E-state index in [9.17, 15) is 9.18 Å². The van der Waals surface area contributed by atoms with Crippen LogP contribution in [0.2, 0.25) is 0 Å². The van der Waals surface area contributed by atoms with E-state index in [0.29, 0.717) is 23.5 Å². The molecule has 0 saturated carbocycles. The molecule has 0 fully saturated rings. The maximum atomic E-state index is 14.6. The molecule has 0 aliphatic heterocycles. The molecule has 3 aromatic rings. The van der Waals surface area contributed by atoms with Gasteiger partial charge in [0, 0.05) is 53.9 Å². The lowest BCUT2D eigenvalue weighted by Crippen LogP contribution is -2.26. The van der Waals surface area contributed by atoms with E-state index in [-0.39, 0.29) is 16.9 Å². The average molecular weight is 369 g/mol. The first-order chi connectivity index (χ1) is 12.8. The number of aryl methyl sites for hydroxylation is 1. The molecule has 3 heterocycles. The average Bonchev–Trinajstić information content (AvgIpc) is 3.05. The van der Waals surface area contributed by atoms with E-state index in [2.05, 4.69) is 15.4 Å². The van der Waals surface area contributed by atoms with Gasteiger partial charge in [0.1, 0.15) is 11.6 Å². The van der Waals surface area contributed by atoms with Crippen LogP contribution in [-0.4, -0.2) is 24.9 Å². The Hall–Kier alpha value is -2.96. The Morgan fingerprint density at radius 2 is 1.96 bits per heavy atom. The van der Waals surface area contributed by atoms with Crippen molar-refractivity contribution in [2.24, 2.45) is 0 Å². The molecule has 0 amide bonds. The second-order valence-electron chi connectivity index (χ2n) is 7.52. The van der Waals surface area contributed by atoms with Crippen molar-refractivity contribution in [3.05, 3.63) is 59.2 Å². The quantitative estimate of drug-likeness (QED) is 0.742. The first-order valence-corrected chi connectivity index (χ1v) is 8.96. The van der Waals surface area contributed by atoms with Gasteiger partial charge in [-0.1, -0.05) is 6.92 Å². The minimum atomic E-state index is -0.368. The number of anilines is 1. The molecule has 0 aliphatic rings. The second kappa shape index (κ2) is 7.34. The highest BCUT2D eigenvalue weighted by Gasteiger charge is 2.14. The molecule has 0 atom stereocenters. The van der Waals surface area contributed by atoms with Crippen LogP contribution in [0.15, 0.2) is 47.8 Å². The number of nitrogens with one attached hydrogen (secondary N) is 1. The van der Waals surface area contributed by atoms with Crippen molar-refractivity contribution in [2.45, 2.75) is 46.2 Å². The molecular weight excluding hydrogens is 345 g/mol.